The van der Waals surface area contributed by atoms with Crippen LogP contribution in [0.4, 0.5) is 0 Å². The molecular formula is C13H16O5. The van der Waals surface area contributed by atoms with Gasteiger partial charge in [0.25, 0.3) is 0 Å². The molecule has 0 radical (unpaired) electrons. The van der Waals surface area contributed by atoms with Crippen LogP contribution in [0, 0.1) is 0 Å². The minimum absolute atomic E-state index is 0.143. The first-order chi connectivity index (χ1) is 8.67. The average Bonchev–Trinajstić information content (AvgIpc) is 3.21. The third kappa shape index (κ3) is 2.56. The van der Waals surface area contributed by atoms with Gasteiger partial charge in [-0.25, -0.2) is 4.79 Å². The number of ether oxygens (including phenoxy) is 3. The van der Waals surface area contributed by atoms with Crippen molar-refractivity contribution in [2.45, 2.75) is 25.0 Å². The third-order valence-electron chi connectivity index (χ3n) is 2.76. The summed E-state index contributed by atoms with van der Waals surface area (Å²) >= 11 is 0. The van der Waals surface area contributed by atoms with E-state index in [1.807, 2.05) is 0 Å². The highest BCUT2D eigenvalue weighted by molar-refractivity contribution is 5.77. The maximum absolute atomic E-state index is 11.4. The van der Waals surface area contributed by atoms with Crippen molar-refractivity contribution >= 4 is 5.97 Å². The van der Waals surface area contributed by atoms with Gasteiger partial charge in [-0.1, -0.05) is 12.1 Å². The van der Waals surface area contributed by atoms with Crippen LogP contribution in [0.25, 0.3) is 0 Å². The first-order valence-electron chi connectivity index (χ1n) is 5.76. The first kappa shape index (κ1) is 12.7. The number of aliphatic hydroxyl groups is 1. The van der Waals surface area contributed by atoms with Crippen molar-refractivity contribution < 1.29 is 24.1 Å². The van der Waals surface area contributed by atoms with Crippen molar-refractivity contribution in [3.8, 4) is 11.5 Å². The maximum Gasteiger partial charge on any atom is 0.339 e. The molecule has 5 nitrogen and oxygen atoms in total. The number of rotatable bonds is 5. The summed E-state index contributed by atoms with van der Waals surface area (Å²) in [7, 11) is 2.75. The fourth-order valence-electron chi connectivity index (χ4n) is 1.63. The Kier molecular flexibility index (Phi) is 3.72. The Morgan fingerprint density at radius 2 is 2.11 bits per heavy atom. The SMILES string of the molecule is COC(=O)C(O)c1cccc(OC)c1OC1CC1. The van der Waals surface area contributed by atoms with E-state index in [2.05, 4.69) is 4.74 Å². The second kappa shape index (κ2) is 5.27. The number of esters is 1. The molecule has 1 unspecified atom stereocenters. The van der Waals surface area contributed by atoms with Crippen LogP contribution < -0.4 is 9.47 Å². The van der Waals surface area contributed by atoms with Crippen molar-refractivity contribution in [2.24, 2.45) is 0 Å². The number of hydrogen-bond donors (Lipinski definition) is 1. The van der Waals surface area contributed by atoms with E-state index in [-0.39, 0.29) is 6.10 Å². The van der Waals surface area contributed by atoms with Crippen molar-refractivity contribution in [1.82, 2.24) is 0 Å². The van der Waals surface area contributed by atoms with Crippen LogP contribution in [0.5, 0.6) is 11.5 Å². The van der Waals surface area contributed by atoms with Gasteiger partial charge < -0.3 is 19.3 Å². The maximum atomic E-state index is 11.4. The molecule has 0 saturated heterocycles. The number of para-hydroxylation sites is 1. The summed E-state index contributed by atoms with van der Waals surface area (Å²) in [5.41, 5.74) is 0.369. The predicted octanol–water partition coefficient (Wildman–Crippen LogP) is 1.44. The number of hydrogen-bond acceptors (Lipinski definition) is 5. The summed E-state index contributed by atoms with van der Waals surface area (Å²) in [4.78, 5) is 11.4. The van der Waals surface area contributed by atoms with Crippen LogP contribution in [0.15, 0.2) is 18.2 Å². The van der Waals surface area contributed by atoms with Gasteiger partial charge in [0.1, 0.15) is 0 Å². The molecule has 18 heavy (non-hydrogen) atoms. The molecule has 1 aromatic carbocycles. The molecule has 1 aliphatic carbocycles. The van der Waals surface area contributed by atoms with Crippen LogP contribution in [-0.2, 0) is 9.53 Å². The molecule has 1 fully saturated rings. The Balaban J connectivity index is 2.34. The Labute approximate surface area is 105 Å². The standard InChI is InChI=1S/C13H16O5/c1-16-10-5-3-4-9(11(14)13(15)17-2)12(10)18-8-6-7-8/h3-5,8,11,14H,6-7H2,1-2H3. The van der Waals surface area contributed by atoms with Gasteiger partial charge in [0.2, 0.25) is 0 Å². The average molecular weight is 252 g/mol. The van der Waals surface area contributed by atoms with Crippen LogP contribution in [0.2, 0.25) is 0 Å². The molecule has 1 atom stereocenters. The molecule has 98 valence electrons. The molecule has 0 amide bonds. The van der Waals surface area contributed by atoms with E-state index >= 15 is 0 Å². The molecule has 0 spiro atoms. The lowest BCUT2D eigenvalue weighted by Gasteiger charge is -2.17. The summed E-state index contributed by atoms with van der Waals surface area (Å²) in [6.07, 6.45) is 0.737. The lowest BCUT2D eigenvalue weighted by atomic mass is 10.1. The van der Waals surface area contributed by atoms with Gasteiger partial charge in [0.05, 0.1) is 20.3 Å². The second-order valence-corrected chi connectivity index (χ2v) is 4.12. The summed E-state index contributed by atoms with van der Waals surface area (Å²) in [6.45, 7) is 0. The van der Waals surface area contributed by atoms with E-state index in [0.717, 1.165) is 12.8 Å². The molecule has 1 N–H and O–H groups in total. The summed E-state index contributed by atoms with van der Waals surface area (Å²) in [5.74, 6) is 0.201. The van der Waals surface area contributed by atoms with E-state index in [1.54, 1.807) is 18.2 Å². The predicted molar refractivity (Wildman–Crippen MR) is 63.6 cm³/mol. The van der Waals surface area contributed by atoms with Crippen molar-refractivity contribution in [1.29, 1.82) is 0 Å². The molecule has 5 heteroatoms. The highest BCUT2D eigenvalue weighted by Crippen LogP contribution is 2.39. The monoisotopic (exact) mass is 252 g/mol. The van der Waals surface area contributed by atoms with Crippen molar-refractivity contribution in [3.05, 3.63) is 23.8 Å². The van der Waals surface area contributed by atoms with Gasteiger partial charge in [0, 0.05) is 5.56 Å². The quantitative estimate of drug-likeness (QED) is 0.803. The minimum Gasteiger partial charge on any atom is -0.493 e. The van der Waals surface area contributed by atoms with Gasteiger partial charge >= 0.3 is 5.97 Å². The van der Waals surface area contributed by atoms with E-state index in [4.69, 9.17) is 9.47 Å². The first-order valence-corrected chi connectivity index (χ1v) is 5.76. The largest absolute Gasteiger partial charge is 0.493 e. The Hall–Kier alpha value is -1.75. The Morgan fingerprint density at radius 1 is 1.39 bits per heavy atom. The van der Waals surface area contributed by atoms with Gasteiger partial charge in [0.15, 0.2) is 17.6 Å². The molecule has 0 heterocycles. The molecule has 0 aromatic heterocycles. The fraction of sp³-hybridized carbons (Fsp3) is 0.462. The van der Waals surface area contributed by atoms with E-state index < -0.39 is 12.1 Å². The lowest BCUT2D eigenvalue weighted by molar-refractivity contribution is -0.150. The number of aliphatic hydroxyl groups excluding tert-OH is 1. The second-order valence-electron chi connectivity index (χ2n) is 4.12. The van der Waals surface area contributed by atoms with Gasteiger partial charge in [-0.15, -0.1) is 0 Å². The van der Waals surface area contributed by atoms with Crippen LogP contribution in [0.3, 0.4) is 0 Å². The van der Waals surface area contributed by atoms with E-state index in [1.165, 1.54) is 14.2 Å². The number of benzene rings is 1. The van der Waals surface area contributed by atoms with Crippen LogP contribution >= 0.6 is 0 Å². The fourth-order valence-corrected chi connectivity index (χ4v) is 1.63. The minimum atomic E-state index is -1.36. The van der Waals surface area contributed by atoms with E-state index in [9.17, 15) is 9.90 Å². The molecule has 1 aliphatic rings. The van der Waals surface area contributed by atoms with Crippen molar-refractivity contribution in [3.63, 3.8) is 0 Å². The highest BCUT2D eigenvalue weighted by Gasteiger charge is 2.30. The van der Waals surface area contributed by atoms with E-state index in [0.29, 0.717) is 17.1 Å². The highest BCUT2D eigenvalue weighted by atomic mass is 16.5. The normalized spacial score (nSPS) is 15.9. The molecule has 0 bridgehead atoms. The van der Waals surface area contributed by atoms with Crippen LogP contribution in [-0.4, -0.2) is 31.4 Å². The summed E-state index contributed by atoms with van der Waals surface area (Å²) < 4.78 is 15.4. The molecule has 1 saturated carbocycles. The zero-order valence-electron chi connectivity index (χ0n) is 10.4. The molecule has 1 aromatic rings. The Bertz CT molecular complexity index is 439. The van der Waals surface area contributed by atoms with Gasteiger partial charge in [-0.2, -0.15) is 0 Å². The zero-order valence-corrected chi connectivity index (χ0v) is 10.4. The van der Waals surface area contributed by atoms with Gasteiger partial charge in [-0.05, 0) is 18.9 Å². The lowest BCUT2D eigenvalue weighted by Crippen LogP contribution is -2.15. The summed E-state index contributed by atoms with van der Waals surface area (Å²) in [5, 5.41) is 9.91. The number of methoxy groups -OCH3 is 2. The molecule has 2 rings (SSSR count). The number of carbonyl (C=O) groups excluding carboxylic acids is 1. The number of carbonyl (C=O) groups is 1. The zero-order chi connectivity index (χ0) is 13.1. The smallest absolute Gasteiger partial charge is 0.339 e. The summed E-state index contributed by atoms with van der Waals surface area (Å²) in [6, 6.07) is 5.05. The van der Waals surface area contributed by atoms with Crippen LogP contribution in [0.1, 0.15) is 24.5 Å². The molecule has 0 aliphatic heterocycles. The topological polar surface area (TPSA) is 65.0 Å². The Morgan fingerprint density at radius 3 is 2.67 bits per heavy atom. The van der Waals surface area contributed by atoms with Gasteiger partial charge in [-0.3, -0.25) is 0 Å². The third-order valence-corrected chi connectivity index (χ3v) is 2.76. The molecular weight excluding hydrogens is 236 g/mol. The van der Waals surface area contributed by atoms with Crippen molar-refractivity contribution in [2.75, 3.05) is 14.2 Å².